The number of benzene rings is 4. The van der Waals surface area contributed by atoms with Crippen molar-refractivity contribution in [3.63, 3.8) is 0 Å². The predicted molar refractivity (Wildman–Crippen MR) is 107 cm³/mol. The van der Waals surface area contributed by atoms with Crippen molar-refractivity contribution >= 4 is 40.5 Å². The Hall–Kier alpha value is -2.46. The van der Waals surface area contributed by atoms with E-state index in [9.17, 15) is 0 Å². The summed E-state index contributed by atoms with van der Waals surface area (Å²) in [6.45, 7) is 0. The van der Waals surface area contributed by atoms with Gasteiger partial charge in [0.1, 0.15) is 0 Å². The Kier molecular flexibility index (Phi) is 4.13. The van der Waals surface area contributed by atoms with Gasteiger partial charge in [-0.3, -0.25) is 0 Å². The van der Waals surface area contributed by atoms with Gasteiger partial charge in [0.25, 0.3) is 0 Å². The highest BCUT2D eigenvalue weighted by Gasteiger charge is 2.41. The molecule has 0 saturated carbocycles. The molecular formula is C22H20O2Si. The van der Waals surface area contributed by atoms with Crippen LogP contribution in [0.5, 0.6) is 0 Å². The van der Waals surface area contributed by atoms with E-state index in [2.05, 4.69) is 66.7 Å². The molecule has 0 aliphatic carbocycles. The zero-order chi connectivity index (χ0) is 17.3. The Balaban J connectivity index is 2.05. The van der Waals surface area contributed by atoms with Crippen LogP contribution in [0.4, 0.5) is 0 Å². The fraction of sp³-hybridized carbons (Fsp3) is 0.0909. The monoisotopic (exact) mass is 344 g/mol. The van der Waals surface area contributed by atoms with E-state index in [1.165, 1.54) is 21.5 Å². The van der Waals surface area contributed by atoms with Gasteiger partial charge in [0.05, 0.1) is 0 Å². The molecule has 124 valence electrons. The van der Waals surface area contributed by atoms with Crippen molar-refractivity contribution in [2.24, 2.45) is 0 Å². The molecule has 0 fully saturated rings. The third-order valence-corrected chi connectivity index (χ3v) is 8.22. The first-order valence-corrected chi connectivity index (χ1v) is 10.2. The van der Waals surface area contributed by atoms with Gasteiger partial charge in [-0.05, 0) is 38.9 Å². The zero-order valence-corrected chi connectivity index (χ0v) is 15.4. The summed E-state index contributed by atoms with van der Waals surface area (Å²) in [6.07, 6.45) is 0. The lowest BCUT2D eigenvalue weighted by molar-refractivity contribution is 0.273. The van der Waals surface area contributed by atoms with E-state index < -0.39 is 8.56 Å². The number of rotatable bonds is 4. The SMILES string of the molecule is CO[Si](OC)(c1ccccc1)c1cccc2cc3ccccc3cc12. The van der Waals surface area contributed by atoms with Gasteiger partial charge in [-0.15, -0.1) is 0 Å². The van der Waals surface area contributed by atoms with E-state index >= 15 is 0 Å². The van der Waals surface area contributed by atoms with E-state index in [1.807, 2.05) is 18.2 Å². The fourth-order valence-electron chi connectivity index (χ4n) is 3.61. The van der Waals surface area contributed by atoms with Crippen LogP contribution in [0.1, 0.15) is 0 Å². The maximum atomic E-state index is 6.10. The van der Waals surface area contributed by atoms with Crippen LogP contribution in [0.15, 0.2) is 84.9 Å². The summed E-state index contributed by atoms with van der Waals surface area (Å²) >= 11 is 0. The zero-order valence-electron chi connectivity index (χ0n) is 14.4. The van der Waals surface area contributed by atoms with E-state index in [1.54, 1.807) is 14.2 Å². The number of hydrogen-bond donors (Lipinski definition) is 0. The molecule has 0 unspecified atom stereocenters. The summed E-state index contributed by atoms with van der Waals surface area (Å²) in [5, 5.41) is 7.13. The van der Waals surface area contributed by atoms with Gasteiger partial charge in [-0.2, -0.15) is 0 Å². The highest BCUT2D eigenvalue weighted by Crippen LogP contribution is 2.24. The minimum absolute atomic E-state index is 1.11. The van der Waals surface area contributed by atoms with E-state index in [4.69, 9.17) is 8.85 Å². The van der Waals surface area contributed by atoms with Crippen LogP contribution in [0, 0.1) is 0 Å². The molecule has 4 aromatic rings. The molecule has 0 N–H and O–H groups in total. The maximum Gasteiger partial charge on any atom is 0.407 e. The smallest absolute Gasteiger partial charge is 0.391 e. The van der Waals surface area contributed by atoms with Crippen molar-refractivity contribution in [1.29, 1.82) is 0 Å². The summed E-state index contributed by atoms with van der Waals surface area (Å²) in [6, 6.07) is 29.6. The second-order valence-electron chi connectivity index (χ2n) is 6.12. The summed E-state index contributed by atoms with van der Waals surface area (Å²) in [5.74, 6) is 0. The Morgan fingerprint density at radius 1 is 0.600 bits per heavy atom. The van der Waals surface area contributed by atoms with Crippen LogP contribution in [-0.4, -0.2) is 22.8 Å². The fourth-order valence-corrected chi connectivity index (χ4v) is 6.51. The summed E-state index contributed by atoms with van der Waals surface area (Å²) < 4.78 is 12.2. The van der Waals surface area contributed by atoms with Gasteiger partial charge < -0.3 is 8.85 Å². The molecule has 25 heavy (non-hydrogen) atoms. The highest BCUT2D eigenvalue weighted by molar-refractivity contribution is 6.94. The van der Waals surface area contributed by atoms with Crippen molar-refractivity contribution in [2.45, 2.75) is 0 Å². The summed E-state index contributed by atoms with van der Waals surface area (Å²) in [5.41, 5.74) is 0. The third-order valence-electron chi connectivity index (χ3n) is 4.83. The average molecular weight is 344 g/mol. The number of fused-ring (bicyclic) bond motifs is 2. The van der Waals surface area contributed by atoms with Crippen molar-refractivity contribution < 1.29 is 8.85 Å². The van der Waals surface area contributed by atoms with E-state index in [-0.39, 0.29) is 0 Å². The van der Waals surface area contributed by atoms with Gasteiger partial charge in [-0.25, -0.2) is 0 Å². The minimum Gasteiger partial charge on any atom is -0.391 e. The third kappa shape index (κ3) is 2.57. The molecule has 0 bridgehead atoms. The second kappa shape index (κ2) is 6.45. The number of hydrogen-bond acceptors (Lipinski definition) is 2. The molecule has 0 aliphatic rings. The molecule has 0 spiro atoms. The molecule has 4 rings (SSSR count). The lowest BCUT2D eigenvalue weighted by Crippen LogP contribution is -2.62. The lowest BCUT2D eigenvalue weighted by atomic mass is 10.0. The largest absolute Gasteiger partial charge is 0.407 e. The van der Waals surface area contributed by atoms with Crippen LogP contribution in [-0.2, 0) is 8.85 Å². The van der Waals surface area contributed by atoms with Crippen molar-refractivity contribution in [2.75, 3.05) is 14.2 Å². The summed E-state index contributed by atoms with van der Waals surface area (Å²) in [7, 11) is 0.758. The van der Waals surface area contributed by atoms with Crippen LogP contribution in [0.25, 0.3) is 21.5 Å². The molecule has 0 heterocycles. The van der Waals surface area contributed by atoms with Crippen molar-refractivity contribution in [1.82, 2.24) is 0 Å². The van der Waals surface area contributed by atoms with Crippen molar-refractivity contribution in [3.05, 3.63) is 84.9 Å². The lowest BCUT2D eigenvalue weighted by Gasteiger charge is -2.29. The normalized spacial score (nSPS) is 11.9. The topological polar surface area (TPSA) is 18.5 Å². The minimum atomic E-state index is -2.75. The van der Waals surface area contributed by atoms with Crippen LogP contribution >= 0.6 is 0 Å². The Morgan fingerprint density at radius 2 is 1.20 bits per heavy atom. The predicted octanol–water partition coefficient (Wildman–Crippen LogP) is 3.84. The molecule has 0 aliphatic heterocycles. The highest BCUT2D eigenvalue weighted by atomic mass is 28.4. The molecule has 0 amide bonds. The first-order chi connectivity index (χ1) is 12.3. The first-order valence-electron chi connectivity index (χ1n) is 8.36. The average Bonchev–Trinajstić information content (AvgIpc) is 2.69. The van der Waals surface area contributed by atoms with Crippen LogP contribution in [0.2, 0.25) is 0 Å². The van der Waals surface area contributed by atoms with Gasteiger partial charge in [0.15, 0.2) is 0 Å². The molecular weight excluding hydrogens is 324 g/mol. The van der Waals surface area contributed by atoms with Crippen LogP contribution < -0.4 is 10.4 Å². The molecule has 0 atom stereocenters. The quantitative estimate of drug-likeness (QED) is 0.414. The van der Waals surface area contributed by atoms with Crippen LogP contribution in [0.3, 0.4) is 0 Å². The molecule has 0 aromatic heterocycles. The molecule has 2 nitrogen and oxygen atoms in total. The Labute approximate surface area is 148 Å². The van der Waals surface area contributed by atoms with Gasteiger partial charge in [0.2, 0.25) is 0 Å². The van der Waals surface area contributed by atoms with E-state index in [0.717, 1.165) is 10.4 Å². The van der Waals surface area contributed by atoms with Gasteiger partial charge in [-0.1, -0.05) is 72.8 Å². The maximum absolute atomic E-state index is 6.10. The first kappa shape index (κ1) is 16.0. The molecule has 4 aromatic carbocycles. The molecule has 0 saturated heterocycles. The standard InChI is InChI=1S/C22H20O2Si/c1-23-25(24-2,20-12-4-3-5-13-20)22-14-8-11-19-15-17-9-6-7-10-18(17)16-21(19)22/h3-16H,1-2H3. The van der Waals surface area contributed by atoms with E-state index in [0.29, 0.717) is 0 Å². The second-order valence-corrected chi connectivity index (χ2v) is 9.28. The van der Waals surface area contributed by atoms with Gasteiger partial charge in [0, 0.05) is 19.4 Å². The van der Waals surface area contributed by atoms with Crippen molar-refractivity contribution in [3.8, 4) is 0 Å². The molecule has 0 radical (unpaired) electrons. The summed E-state index contributed by atoms with van der Waals surface area (Å²) in [4.78, 5) is 0. The molecule has 3 heteroatoms. The Bertz CT molecular complexity index is 1020. The van der Waals surface area contributed by atoms with Gasteiger partial charge >= 0.3 is 8.56 Å². The Morgan fingerprint density at radius 3 is 1.88 bits per heavy atom.